The zero-order valence-electron chi connectivity index (χ0n) is 64.3. The van der Waals surface area contributed by atoms with Crippen molar-refractivity contribution in [2.45, 2.75) is 354 Å². The van der Waals surface area contributed by atoms with Crippen molar-refractivity contribution >= 4 is 39.5 Å². The number of carbonyl (C=O) groups is 4. The minimum absolute atomic E-state index is 0.0764. The Morgan fingerprint density at radius 1 is 0.284 bits per heavy atom. The van der Waals surface area contributed by atoms with Crippen molar-refractivity contribution in [2.75, 3.05) is 39.6 Å². The molecule has 0 aromatic carbocycles. The number of unbranched alkanes of at least 4 members (excludes halogenated alkanes) is 31. The molecule has 3 N–H and O–H groups in total. The topological polar surface area (TPSA) is 237 Å². The van der Waals surface area contributed by atoms with Crippen molar-refractivity contribution in [3.8, 4) is 0 Å². The molecule has 0 aliphatic rings. The molecule has 0 spiro atoms. The average molecular weight is 1480 g/mol. The average Bonchev–Trinajstić information content (AvgIpc) is 0.908. The van der Waals surface area contributed by atoms with Crippen molar-refractivity contribution in [1.29, 1.82) is 0 Å². The van der Waals surface area contributed by atoms with E-state index in [4.69, 9.17) is 37.0 Å². The number of aliphatic hydroxyl groups is 1. The van der Waals surface area contributed by atoms with E-state index >= 15 is 0 Å². The number of hydrogen-bond donors (Lipinski definition) is 3. The Labute approximate surface area is 619 Å². The number of esters is 4. The van der Waals surface area contributed by atoms with Gasteiger partial charge in [-0.25, -0.2) is 9.13 Å². The van der Waals surface area contributed by atoms with E-state index in [0.717, 1.165) is 167 Å². The highest BCUT2D eigenvalue weighted by atomic mass is 31.2. The normalized spacial score (nSPS) is 14.5. The zero-order valence-corrected chi connectivity index (χ0v) is 66.0. The number of carbonyl (C=O) groups excluding carboxylic acids is 4. The maximum atomic E-state index is 13.1. The molecular weight excluding hydrogens is 1330 g/mol. The van der Waals surface area contributed by atoms with Gasteiger partial charge in [-0.1, -0.05) is 291 Å². The van der Waals surface area contributed by atoms with Crippen molar-refractivity contribution in [2.24, 2.45) is 0 Å². The second-order valence-electron chi connectivity index (χ2n) is 26.6. The highest BCUT2D eigenvalue weighted by molar-refractivity contribution is 7.47. The molecule has 588 valence electrons. The standard InChI is InChI=1S/C83H144O17P2/c1-5-9-13-17-21-25-29-33-36-37-38-39-42-45-48-52-56-60-64-68-81(86)94-73-78(99-82(87)69-65-61-57-53-49-43-32-28-24-20-16-12-8-4)75-97-101(89,90)95-71-77(84)72-96-102(91,92)98-76-79(100-83(88)70-66-62-58-54-50-46-41-35-31-27-23-19-15-11-7-3)74-93-80(85)67-63-59-55-51-47-44-40-34-30-26-22-18-14-10-6-2/h9-10,13-14,21-22,25-26,28,32-34,36,38-40,45,48,77-79,84H,5-8,11-12,15-20,23-24,27,29-31,35,37,41-44,46-47,49-76H2,1-4H3,(H,89,90)(H,91,92)/b13-9-,14-10-,25-21-,26-22-,32-28-,36-33-,39-38-,40-34-,48-45-. The molecule has 0 aliphatic heterocycles. The van der Waals surface area contributed by atoms with Gasteiger partial charge < -0.3 is 33.8 Å². The first-order valence-electron chi connectivity index (χ1n) is 40.1. The maximum absolute atomic E-state index is 13.1. The molecule has 5 atom stereocenters. The molecule has 0 saturated carbocycles. The van der Waals surface area contributed by atoms with Crippen LogP contribution in [0.1, 0.15) is 336 Å². The van der Waals surface area contributed by atoms with Crippen LogP contribution in [0.3, 0.4) is 0 Å². The van der Waals surface area contributed by atoms with E-state index in [-0.39, 0.29) is 25.7 Å². The molecule has 0 bridgehead atoms. The summed E-state index contributed by atoms with van der Waals surface area (Å²) >= 11 is 0. The summed E-state index contributed by atoms with van der Waals surface area (Å²) in [5, 5.41) is 10.6. The van der Waals surface area contributed by atoms with Crippen molar-refractivity contribution in [1.82, 2.24) is 0 Å². The fraction of sp³-hybridized carbons (Fsp3) is 0.735. The second kappa shape index (κ2) is 75.0. The fourth-order valence-corrected chi connectivity index (χ4v) is 12.2. The molecule has 0 rings (SSSR count). The van der Waals surface area contributed by atoms with Crippen LogP contribution >= 0.6 is 15.6 Å². The third kappa shape index (κ3) is 74.0. The maximum Gasteiger partial charge on any atom is 0.472 e. The summed E-state index contributed by atoms with van der Waals surface area (Å²) in [5.74, 6) is -2.22. The van der Waals surface area contributed by atoms with Crippen LogP contribution in [0, 0.1) is 0 Å². The molecule has 17 nitrogen and oxygen atoms in total. The van der Waals surface area contributed by atoms with Gasteiger partial charge in [0, 0.05) is 25.7 Å². The van der Waals surface area contributed by atoms with Crippen LogP contribution in [0.2, 0.25) is 0 Å². The van der Waals surface area contributed by atoms with Crippen LogP contribution in [-0.2, 0) is 65.4 Å². The first kappa shape index (κ1) is 97.7. The Morgan fingerprint density at radius 2 is 0.510 bits per heavy atom. The molecule has 0 heterocycles. The predicted molar refractivity (Wildman–Crippen MR) is 418 cm³/mol. The largest absolute Gasteiger partial charge is 0.472 e. The molecule has 0 aromatic heterocycles. The summed E-state index contributed by atoms with van der Waals surface area (Å²) in [7, 11) is -9.97. The van der Waals surface area contributed by atoms with Gasteiger partial charge >= 0.3 is 39.5 Å². The Kier molecular flexibility index (Phi) is 71.8. The van der Waals surface area contributed by atoms with Crippen LogP contribution in [0.15, 0.2) is 109 Å². The summed E-state index contributed by atoms with van der Waals surface area (Å²) in [6.07, 6.45) is 80.6. The number of rotatable bonds is 75. The van der Waals surface area contributed by atoms with Crippen LogP contribution in [0.5, 0.6) is 0 Å². The van der Waals surface area contributed by atoms with Gasteiger partial charge in [-0.3, -0.25) is 37.3 Å². The molecule has 19 heteroatoms. The van der Waals surface area contributed by atoms with Crippen LogP contribution in [-0.4, -0.2) is 96.7 Å². The van der Waals surface area contributed by atoms with Gasteiger partial charge in [-0.15, -0.1) is 0 Å². The van der Waals surface area contributed by atoms with E-state index in [2.05, 4.69) is 137 Å². The highest BCUT2D eigenvalue weighted by Crippen LogP contribution is 2.45. The number of hydrogen-bond acceptors (Lipinski definition) is 15. The Morgan fingerprint density at radius 3 is 0.814 bits per heavy atom. The van der Waals surface area contributed by atoms with Gasteiger partial charge in [0.2, 0.25) is 0 Å². The van der Waals surface area contributed by atoms with E-state index in [0.29, 0.717) is 25.7 Å². The first-order chi connectivity index (χ1) is 49.7. The molecule has 0 radical (unpaired) electrons. The van der Waals surface area contributed by atoms with Gasteiger partial charge in [0.25, 0.3) is 0 Å². The molecule has 0 amide bonds. The summed E-state index contributed by atoms with van der Waals surface area (Å²) in [6.45, 7) is 4.61. The summed E-state index contributed by atoms with van der Waals surface area (Å²) in [5.41, 5.74) is 0. The van der Waals surface area contributed by atoms with Crippen LogP contribution < -0.4 is 0 Å². The van der Waals surface area contributed by atoms with E-state index in [9.17, 15) is 43.2 Å². The molecular formula is C83H144O17P2. The summed E-state index contributed by atoms with van der Waals surface area (Å²) in [4.78, 5) is 73.0. The number of ether oxygens (including phenoxy) is 4. The molecule has 0 aromatic rings. The Bertz CT molecular complexity index is 2360. The lowest BCUT2D eigenvalue weighted by atomic mass is 10.0. The van der Waals surface area contributed by atoms with Gasteiger partial charge in [0.1, 0.15) is 19.3 Å². The van der Waals surface area contributed by atoms with Gasteiger partial charge in [-0.2, -0.15) is 0 Å². The second-order valence-corrected chi connectivity index (χ2v) is 29.5. The minimum Gasteiger partial charge on any atom is -0.462 e. The van der Waals surface area contributed by atoms with Crippen molar-refractivity contribution < 1.29 is 80.2 Å². The van der Waals surface area contributed by atoms with E-state index in [1.165, 1.54) is 89.9 Å². The smallest absolute Gasteiger partial charge is 0.462 e. The molecule has 0 aliphatic carbocycles. The van der Waals surface area contributed by atoms with E-state index < -0.39 is 97.5 Å². The number of allylic oxidation sites excluding steroid dienone is 18. The van der Waals surface area contributed by atoms with Crippen LogP contribution in [0.25, 0.3) is 0 Å². The lowest BCUT2D eigenvalue weighted by Gasteiger charge is -2.21. The quantitative estimate of drug-likeness (QED) is 0.0169. The highest BCUT2D eigenvalue weighted by Gasteiger charge is 2.30. The SMILES string of the molecule is CC/C=C\C/C=C\C/C=C\C/C=C\C/C=C\CCCCCC(=O)OCC(COP(=O)(O)OCC(O)COP(=O)(O)OCC(COC(=O)CCCCCCC/C=C\C/C=C\C/C=C\CC)OC(=O)CCCCCCCCCCCCCCCCC)OC(=O)CCCCCCC/C=C\CCCCCC. The van der Waals surface area contributed by atoms with Crippen LogP contribution in [0.4, 0.5) is 0 Å². The molecule has 0 saturated heterocycles. The zero-order chi connectivity index (χ0) is 74.6. The fourth-order valence-electron chi connectivity index (χ4n) is 10.7. The van der Waals surface area contributed by atoms with E-state index in [1.54, 1.807) is 0 Å². The monoisotopic (exact) mass is 1470 g/mol. The minimum atomic E-state index is -4.99. The number of phosphoric ester groups is 2. The first-order valence-corrected chi connectivity index (χ1v) is 43.1. The third-order valence-electron chi connectivity index (χ3n) is 16.7. The molecule has 5 unspecified atom stereocenters. The Balaban J connectivity index is 5.37. The van der Waals surface area contributed by atoms with Gasteiger partial charge in [0.15, 0.2) is 12.2 Å². The number of aliphatic hydroxyl groups excluding tert-OH is 1. The third-order valence-corrected chi connectivity index (χ3v) is 18.6. The lowest BCUT2D eigenvalue weighted by molar-refractivity contribution is -0.161. The van der Waals surface area contributed by atoms with Gasteiger partial charge in [-0.05, 0) is 128 Å². The molecule has 102 heavy (non-hydrogen) atoms. The van der Waals surface area contributed by atoms with Crippen molar-refractivity contribution in [3.63, 3.8) is 0 Å². The van der Waals surface area contributed by atoms with E-state index in [1.807, 2.05) is 0 Å². The molecule has 0 fully saturated rings. The lowest BCUT2D eigenvalue weighted by Crippen LogP contribution is -2.30. The number of phosphoric acid groups is 2. The summed E-state index contributed by atoms with van der Waals surface area (Å²) in [6, 6.07) is 0. The van der Waals surface area contributed by atoms with Gasteiger partial charge in [0.05, 0.1) is 26.4 Å². The Hall–Kier alpha value is -4.28. The summed E-state index contributed by atoms with van der Waals surface area (Å²) < 4.78 is 68.6. The van der Waals surface area contributed by atoms with Crippen molar-refractivity contribution in [3.05, 3.63) is 109 Å². The predicted octanol–water partition coefficient (Wildman–Crippen LogP) is 23.3.